The number of rotatable bonds is 2. The molecule has 0 unspecified atom stereocenters. The van der Waals surface area contributed by atoms with Crippen LogP contribution in [-0.2, 0) is 14.9 Å². The molecule has 1 aliphatic heterocycles. The zero-order chi connectivity index (χ0) is 14.8. The fourth-order valence-corrected chi connectivity index (χ4v) is 2.17. The number of hydrogen-bond acceptors (Lipinski definition) is 2. The molecule has 0 N–H and O–H groups in total. The first-order valence-electron chi connectivity index (χ1n) is 7.11. The zero-order valence-electron chi connectivity index (χ0n) is 12.8. The van der Waals surface area contributed by atoms with Gasteiger partial charge in [0.1, 0.15) is 0 Å². The van der Waals surface area contributed by atoms with E-state index in [4.69, 9.17) is 4.74 Å². The Bertz CT molecular complexity index is 509. The number of carbonyl (C=O) groups excluding carboxylic acids is 1. The molecule has 0 aliphatic carbocycles. The van der Waals surface area contributed by atoms with Gasteiger partial charge in [-0.3, -0.25) is 4.79 Å². The number of benzene rings is 1. The van der Waals surface area contributed by atoms with Gasteiger partial charge in [0.05, 0.1) is 6.61 Å². The summed E-state index contributed by atoms with van der Waals surface area (Å²) in [6.07, 6.45) is 3.78. The molecule has 3 heteroatoms. The van der Waals surface area contributed by atoms with E-state index in [0.29, 0.717) is 12.4 Å². The summed E-state index contributed by atoms with van der Waals surface area (Å²) in [6.45, 7) is 7.17. The molecule has 0 radical (unpaired) electrons. The number of hydrogen-bond donors (Lipinski definition) is 0. The van der Waals surface area contributed by atoms with E-state index in [1.54, 1.807) is 11.9 Å². The fourth-order valence-electron chi connectivity index (χ4n) is 2.17. The molecule has 0 fully saturated rings. The first-order chi connectivity index (χ1) is 9.39. The van der Waals surface area contributed by atoms with E-state index in [9.17, 15) is 4.79 Å². The Hall–Kier alpha value is -1.77. The number of likely N-dealkylation sites (N-methyl/N-ethyl adjacent to an activating group) is 1. The normalized spacial score (nSPS) is 15.3. The molecule has 1 aromatic carbocycles. The molecule has 108 valence electrons. The molecule has 0 bridgehead atoms. The first-order valence-corrected chi connectivity index (χ1v) is 7.11. The van der Waals surface area contributed by atoms with Crippen molar-refractivity contribution in [1.82, 2.24) is 0 Å². The molecule has 0 atom stereocenters. The van der Waals surface area contributed by atoms with E-state index >= 15 is 0 Å². The quantitative estimate of drug-likeness (QED) is 0.823. The zero-order valence-corrected chi connectivity index (χ0v) is 12.8. The Morgan fingerprint density at radius 2 is 1.85 bits per heavy atom. The molecule has 0 saturated heterocycles. The van der Waals surface area contributed by atoms with Gasteiger partial charge in [0.15, 0.2) is 5.76 Å². The van der Waals surface area contributed by atoms with E-state index in [1.165, 1.54) is 5.56 Å². The minimum atomic E-state index is -0.0757. The summed E-state index contributed by atoms with van der Waals surface area (Å²) in [5.41, 5.74) is 2.27. The Balaban J connectivity index is 2.14. The van der Waals surface area contributed by atoms with Gasteiger partial charge < -0.3 is 9.64 Å². The summed E-state index contributed by atoms with van der Waals surface area (Å²) in [6, 6.07) is 8.13. The van der Waals surface area contributed by atoms with Crippen molar-refractivity contribution in [2.45, 2.75) is 39.0 Å². The van der Waals surface area contributed by atoms with Crippen molar-refractivity contribution in [2.24, 2.45) is 0 Å². The second-order valence-corrected chi connectivity index (χ2v) is 6.22. The lowest BCUT2D eigenvalue weighted by molar-refractivity contribution is -0.118. The Kier molecular flexibility index (Phi) is 4.17. The average Bonchev–Trinajstić information content (AvgIpc) is 2.46. The van der Waals surface area contributed by atoms with E-state index in [-0.39, 0.29) is 11.3 Å². The summed E-state index contributed by atoms with van der Waals surface area (Å²) in [5.74, 6) is 0.395. The van der Waals surface area contributed by atoms with Crippen molar-refractivity contribution in [3.05, 3.63) is 41.7 Å². The van der Waals surface area contributed by atoms with E-state index in [2.05, 4.69) is 32.9 Å². The van der Waals surface area contributed by atoms with Crippen LogP contribution in [0.4, 0.5) is 5.69 Å². The SMILES string of the molecule is CN(C(=O)C1=CCCCO1)c1ccc(C(C)(C)C)cc1. The van der Waals surface area contributed by atoms with Crippen molar-refractivity contribution in [1.29, 1.82) is 0 Å². The molecule has 1 aliphatic rings. The maximum Gasteiger partial charge on any atom is 0.292 e. The molecule has 1 amide bonds. The minimum absolute atomic E-state index is 0.0757. The molecule has 0 saturated carbocycles. The third kappa shape index (κ3) is 3.21. The maximum absolute atomic E-state index is 12.3. The second kappa shape index (κ2) is 5.70. The highest BCUT2D eigenvalue weighted by Crippen LogP contribution is 2.25. The molecule has 1 aromatic rings. The van der Waals surface area contributed by atoms with Gasteiger partial charge in [-0.1, -0.05) is 32.9 Å². The van der Waals surface area contributed by atoms with Crippen molar-refractivity contribution < 1.29 is 9.53 Å². The summed E-state index contributed by atoms with van der Waals surface area (Å²) in [5, 5.41) is 0. The summed E-state index contributed by atoms with van der Waals surface area (Å²) >= 11 is 0. The highest BCUT2D eigenvalue weighted by atomic mass is 16.5. The van der Waals surface area contributed by atoms with Crippen LogP contribution in [0, 0.1) is 0 Å². The Morgan fingerprint density at radius 1 is 1.20 bits per heavy atom. The number of ether oxygens (including phenoxy) is 1. The molecule has 1 heterocycles. The van der Waals surface area contributed by atoms with Crippen LogP contribution >= 0.6 is 0 Å². The molecule has 0 spiro atoms. The summed E-state index contributed by atoms with van der Waals surface area (Å²) in [7, 11) is 1.78. The predicted octanol–water partition coefficient (Wildman–Crippen LogP) is 3.64. The minimum Gasteiger partial charge on any atom is -0.488 e. The second-order valence-electron chi connectivity index (χ2n) is 6.22. The lowest BCUT2D eigenvalue weighted by Gasteiger charge is -2.23. The van der Waals surface area contributed by atoms with Gasteiger partial charge in [-0.05, 0) is 42.0 Å². The summed E-state index contributed by atoms with van der Waals surface area (Å²) in [4.78, 5) is 14.0. The van der Waals surface area contributed by atoms with Gasteiger partial charge in [-0.15, -0.1) is 0 Å². The van der Waals surface area contributed by atoms with E-state index in [1.807, 2.05) is 18.2 Å². The monoisotopic (exact) mass is 273 g/mol. The van der Waals surface area contributed by atoms with Crippen LogP contribution < -0.4 is 4.90 Å². The van der Waals surface area contributed by atoms with Crippen LogP contribution in [0.25, 0.3) is 0 Å². The lowest BCUT2D eigenvalue weighted by Crippen LogP contribution is -2.29. The number of amides is 1. The highest BCUT2D eigenvalue weighted by molar-refractivity contribution is 6.03. The standard InChI is InChI=1S/C17H23NO2/c1-17(2,3)13-8-10-14(11-9-13)18(4)16(19)15-7-5-6-12-20-15/h7-11H,5-6,12H2,1-4H3. The smallest absolute Gasteiger partial charge is 0.292 e. The molecule has 0 aromatic heterocycles. The highest BCUT2D eigenvalue weighted by Gasteiger charge is 2.20. The van der Waals surface area contributed by atoms with E-state index < -0.39 is 0 Å². The van der Waals surface area contributed by atoms with E-state index in [0.717, 1.165) is 18.5 Å². The number of nitrogens with zero attached hydrogens (tertiary/aromatic N) is 1. The van der Waals surface area contributed by atoms with Crippen LogP contribution in [0.2, 0.25) is 0 Å². The average molecular weight is 273 g/mol. The Labute approximate surface area is 121 Å². The first kappa shape index (κ1) is 14.6. The maximum atomic E-state index is 12.3. The van der Waals surface area contributed by atoms with Crippen molar-refractivity contribution in [3.8, 4) is 0 Å². The largest absolute Gasteiger partial charge is 0.488 e. The van der Waals surface area contributed by atoms with Gasteiger partial charge >= 0.3 is 0 Å². The van der Waals surface area contributed by atoms with Crippen molar-refractivity contribution in [2.75, 3.05) is 18.6 Å². The van der Waals surface area contributed by atoms with Crippen LogP contribution in [0.1, 0.15) is 39.2 Å². The third-order valence-corrected chi connectivity index (χ3v) is 3.57. The predicted molar refractivity (Wildman–Crippen MR) is 81.8 cm³/mol. The number of anilines is 1. The molecule has 2 rings (SSSR count). The van der Waals surface area contributed by atoms with Crippen LogP contribution in [0.3, 0.4) is 0 Å². The van der Waals surface area contributed by atoms with Gasteiger partial charge in [0.25, 0.3) is 5.91 Å². The van der Waals surface area contributed by atoms with Gasteiger partial charge in [0, 0.05) is 12.7 Å². The van der Waals surface area contributed by atoms with Gasteiger partial charge in [-0.25, -0.2) is 0 Å². The summed E-state index contributed by atoms with van der Waals surface area (Å²) < 4.78 is 5.43. The molecule has 20 heavy (non-hydrogen) atoms. The molecule has 3 nitrogen and oxygen atoms in total. The topological polar surface area (TPSA) is 29.5 Å². The molecular formula is C17H23NO2. The van der Waals surface area contributed by atoms with Crippen molar-refractivity contribution in [3.63, 3.8) is 0 Å². The molecular weight excluding hydrogens is 250 g/mol. The van der Waals surface area contributed by atoms with Crippen LogP contribution in [0.5, 0.6) is 0 Å². The lowest BCUT2D eigenvalue weighted by atomic mass is 9.87. The van der Waals surface area contributed by atoms with Crippen LogP contribution in [-0.4, -0.2) is 19.6 Å². The third-order valence-electron chi connectivity index (χ3n) is 3.57. The van der Waals surface area contributed by atoms with Crippen LogP contribution in [0.15, 0.2) is 36.1 Å². The number of carbonyl (C=O) groups is 1. The van der Waals surface area contributed by atoms with Gasteiger partial charge in [0.2, 0.25) is 0 Å². The fraction of sp³-hybridized carbons (Fsp3) is 0.471. The Morgan fingerprint density at radius 3 is 2.35 bits per heavy atom. The van der Waals surface area contributed by atoms with Gasteiger partial charge in [-0.2, -0.15) is 0 Å². The number of allylic oxidation sites excluding steroid dienone is 1. The van der Waals surface area contributed by atoms with Crippen molar-refractivity contribution >= 4 is 11.6 Å².